The van der Waals surface area contributed by atoms with Gasteiger partial charge in [-0.2, -0.15) is 0 Å². The summed E-state index contributed by atoms with van der Waals surface area (Å²) in [4.78, 5) is 0. The summed E-state index contributed by atoms with van der Waals surface area (Å²) in [5.74, 6) is 0.736. The summed E-state index contributed by atoms with van der Waals surface area (Å²) in [7, 11) is 0. The number of ether oxygens (including phenoxy) is 1. The van der Waals surface area contributed by atoms with Crippen LogP contribution in [0.1, 0.15) is 38.2 Å². The Morgan fingerprint density at radius 1 is 1.11 bits per heavy atom. The largest absolute Gasteiger partial charge is 0.491 e. The average molecular weight is 252 g/mol. The van der Waals surface area contributed by atoms with Gasteiger partial charge in [-0.05, 0) is 30.5 Å². The van der Waals surface area contributed by atoms with Crippen LogP contribution < -0.4 is 4.74 Å². The van der Waals surface area contributed by atoms with E-state index in [9.17, 15) is 0 Å². The predicted octanol–water partition coefficient (Wildman–Crippen LogP) is 2.54. The Bertz CT molecular complexity index is 308. The molecule has 0 aliphatic carbocycles. The molecule has 1 aromatic rings. The highest BCUT2D eigenvalue weighted by molar-refractivity contribution is 5.27. The van der Waals surface area contributed by atoms with Gasteiger partial charge in [0.2, 0.25) is 0 Å². The minimum Gasteiger partial charge on any atom is -0.491 e. The van der Waals surface area contributed by atoms with Crippen LogP contribution in [0.4, 0.5) is 0 Å². The van der Waals surface area contributed by atoms with E-state index in [1.54, 1.807) is 0 Å². The third kappa shape index (κ3) is 6.03. The zero-order valence-electron chi connectivity index (χ0n) is 11.1. The second-order valence-corrected chi connectivity index (χ2v) is 4.60. The van der Waals surface area contributed by atoms with Crippen LogP contribution in [0.5, 0.6) is 5.75 Å². The van der Waals surface area contributed by atoms with Crippen molar-refractivity contribution in [1.82, 2.24) is 0 Å². The monoisotopic (exact) mass is 252 g/mol. The van der Waals surface area contributed by atoms with E-state index < -0.39 is 6.10 Å². The summed E-state index contributed by atoms with van der Waals surface area (Å²) in [6.45, 7) is 2.08. The Kier molecular flexibility index (Phi) is 7.46. The molecular formula is C15H24O3. The Balaban J connectivity index is 2.28. The zero-order chi connectivity index (χ0) is 13.2. The molecule has 1 aromatic carbocycles. The van der Waals surface area contributed by atoms with Crippen molar-refractivity contribution >= 4 is 0 Å². The summed E-state index contributed by atoms with van der Waals surface area (Å²) in [5, 5.41) is 17.8. The fourth-order valence-electron chi connectivity index (χ4n) is 1.75. The molecule has 102 valence electrons. The molecule has 1 rings (SSSR count). The van der Waals surface area contributed by atoms with E-state index in [2.05, 4.69) is 19.1 Å². The molecule has 0 bridgehead atoms. The highest BCUT2D eigenvalue weighted by atomic mass is 16.5. The van der Waals surface area contributed by atoms with Crippen molar-refractivity contribution < 1.29 is 14.9 Å². The van der Waals surface area contributed by atoms with Crippen molar-refractivity contribution in [3.8, 4) is 5.75 Å². The van der Waals surface area contributed by atoms with Crippen molar-refractivity contribution in [2.24, 2.45) is 0 Å². The molecule has 0 radical (unpaired) electrons. The first-order valence-corrected chi connectivity index (χ1v) is 6.77. The van der Waals surface area contributed by atoms with E-state index in [4.69, 9.17) is 14.9 Å². The van der Waals surface area contributed by atoms with Crippen LogP contribution in [0.25, 0.3) is 0 Å². The lowest BCUT2D eigenvalue weighted by molar-refractivity contribution is 0.0536. The fourth-order valence-corrected chi connectivity index (χ4v) is 1.75. The standard InChI is InChI=1S/C15H24O3/c1-2-3-4-5-6-13-7-9-15(10-8-13)18-12-14(17)11-16/h7-10,14,16-17H,2-6,11-12H2,1H3/t14-/m0/s1. The lowest BCUT2D eigenvalue weighted by atomic mass is 10.1. The van der Waals surface area contributed by atoms with Gasteiger partial charge in [-0.25, -0.2) is 0 Å². The molecule has 1 atom stereocenters. The van der Waals surface area contributed by atoms with Gasteiger partial charge >= 0.3 is 0 Å². The zero-order valence-corrected chi connectivity index (χ0v) is 11.1. The molecule has 0 aliphatic heterocycles. The summed E-state index contributed by atoms with van der Waals surface area (Å²) in [6.07, 6.45) is 5.40. The molecule has 0 aromatic heterocycles. The number of aliphatic hydroxyl groups is 2. The minimum absolute atomic E-state index is 0.131. The van der Waals surface area contributed by atoms with Gasteiger partial charge in [0.25, 0.3) is 0 Å². The van der Waals surface area contributed by atoms with Gasteiger partial charge in [0, 0.05) is 0 Å². The van der Waals surface area contributed by atoms with Crippen molar-refractivity contribution in [2.75, 3.05) is 13.2 Å². The number of hydrogen-bond acceptors (Lipinski definition) is 3. The first kappa shape index (κ1) is 15.0. The lowest BCUT2D eigenvalue weighted by Crippen LogP contribution is -2.21. The van der Waals surface area contributed by atoms with Gasteiger partial charge in [0.15, 0.2) is 0 Å². The maximum absolute atomic E-state index is 9.17. The molecule has 0 unspecified atom stereocenters. The van der Waals surface area contributed by atoms with Gasteiger partial charge in [-0.15, -0.1) is 0 Å². The first-order valence-electron chi connectivity index (χ1n) is 6.77. The van der Waals surface area contributed by atoms with E-state index in [-0.39, 0.29) is 13.2 Å². The minimum atomic E-state index is -0.807. The molecule has 0 saturated heterocycles. The molecule has 2 N–H and O–H groups in total. The number of aryl methyl sites for hydroxylation is 1. The van der Waals surface area contributed by atoms with E-state index >= 15 is 0 Å². The van der Waals surface area contributed by atoms with E-state index in [0.717, 1.165) is 12.2 Å². The van der Waals surface area contributed by atoms with Crippen LogP contribution in [0, 0.1) is 0 Å². The number of hydrogen-bond donors (Lipinski definition) is 2. The summed E-state index contributed by atoms with van der Waals surface area (Å²) < 4.78 is 5.35. The summed E-state index contributed by atoms with van der Waals surface area (Å²) in [5.41, 5.74) is 1.32. The Morgan fingerprint density at radius 3 is 2.44 bits per heavy atom. The molecule has 0 aliphatic rings. The third-order valence-electron chi connectivity index (χ3n) is 2.90. The van der Waals surface area contributed by atoms with E-state index in [0.29, 0.717) is 0 Å². The maximum Gasteiger partial charge on any atom is 0.119 e. The molecule has 18 heavy (non-hydrogen) atoms. The van der Waals surface area contributed by atoms with Gasteiger partial charge in [-0.3, -0.25) is 0 Å². The van der Waals surface area contributed by atoms with Crippen LogP contribution in [-0.4, -0.2) is 29.5 Å². The van der Waals surface area contributed by atoms with Crippen LogP contribution in [0.2, 0.25) is 0 Å². The van der Waals surface area contributed by atoms with Crippen LogP contribution in [0.3, 0.4) is 0 Å². The molecule has 3 nitrogen and oxygen atoms in total. The number of aliphatic hydroxyl groups excluding tert-OH is 2. The molecular weight excluding hydrogens is 228 g/mol. The van der Waals surface area contributed by atoms with Crippen LogP contribution in [-0.2, 0) is 6.42 Å². The molecule has 0 amide bonds. The predicted molar refractivity (Wildman–Crippen MR) is 72.9 cm³/mol. The van der Waals surface area contributed by atoms with Crippen LogP contribution in [0.15, 0.2) is 24.3 Å². The van der Waals surface area contributed by atoms with Gasteiger partial charge in [0.1, 0.15) is 18.5 Å². The van der Waals surface area contributed by atoms with Crippen LogP contribution >= 0.6 is 0 Å². The van der Waals surface area contributed by atoms with E-state index in [1.165, 1.54) is 31.2 Å². The normalized spacial score (nSPS) is 12.4. The SMILES string of the molecule is CCCCCCc1ccc(OC[C@@H](O)CO)cc1. The van der Waals surface area contributed by atoms with Crippen molar-refractivity contribution in [3.05, 3.63) is 29.8 Å². The molecule has 0 fully saturated rings. The second kappa shape index (κ2) is 8.95. The van der Waals surface area contributed by atoms with Crippen molar-refractivity contribution in [1.29, 1.82) is 0 Å². The van der Waals surface area contributed by atoms with Gasteiger partial charge < -0.3 is 14.9 Å². The highest BCUT2D eigenvalue weighted by Crippen LogP contribution is 2.14. The maximum atomic E-state index is 9.17. The Hall–Kier alpha value is -1.06. The number of unbranched alkanes of at least 4 members (excludes halogenated alkanes) is 3. The van der Waals surface area contributed by atoms with E-state index in [1.807, 2.05) is 12.1 Å². The topological polar surface area (TPSA) is 49.7 Å². The molecule has 0 heterocycles. The van der Waals surface area contributed by atoms with Crippen molar-refractivity contribution in [3.63, 3.8) is 0 Å². The highest BCUT2D eigenvalue weighted by Gasteiger charge is 2.02. The van der Waals surface area contributed by atoms with Gasteiger partial charge in [-0.1, -0.05) is 38.3 Å². The Morgan fingerprint density at radius 2 is 1.83 bits per heavy atom. The second-order valence-electron chi connectivity index (χ2n) is 4.60. The summed E-state index contributed by atoms with van der Waals surface area (Å²) in [6, 6.07) is 7.96. The first-order chi connectivity index (χ1) is 8.76. The average Bonchev–Trinajstić information content (AvgIpc) is 2.42. The molecule has 0 saturated carbocycles. The Labute approximate surface area is 109 Å². The smallest absolute Gasteiger partial charge is 0.119 e. The lowest BCUT2D eigenvalue weighted by Gasteiger charge is -2.10. The number of benzene rings is 1. The molecule has 0 spiro atoms. The molecule has 3 heteroatoms. The summed E-state index contributed by atoms with van der Waals surface area (Å²) >= 11 is 0. The fraction of sp³-hybridized carbons (Fsp3) is 0.600. The number of rotatable bonds is 9. The van der Waals surface area contributed by atoms with Crippen molar-refractivity contribution in [2.45, 2.75) is 45.1 Å². The third-order valence-corrected chi connectivity index (χ3v) is 2.90. The van der Waals surface area contributed by atoms with Gasteiger partial charge in [0.05, 0.1) is 6.61 Å². The quantitative estimate of drug-likeness (QED) is 0.664.